The van der Waals surface area contributed by atoms with Crippen LogP contribution in [-0.4, -0.2) is 30.8 Å². The van der Waals surface area contributed by atoms with Gasteiger partial charge in [0, 0.05) is 28.2 Å². The molecule has 0 amide bonds. The van der Waals surface area contributed by atoms with Crippen molar-refractivity contribution in [3.8, 4) is 28.6 Å². The molecule has 1 heterocycles. The molecule has 3 aromatic carbocycles. The van der Waals surface area contributed by atoms with Gasteiger partial charge < -0.3 is 23.7 Å². The van der Waals surface area contributed by atoms with E-state index in [-0.39, 0.29) is 33.8 Å². The van der Waals surface area contributed by atoms with Gasteiger partial charge in [0.1, 0.15) is 39.5 Å². The zero-order chi connectivity index (χ0) is 24.2. The maximum atomic E-state index is 12.5. The number of rotatable bonds is 6. The van der Waals surface area contributed by atoms with E-state index in [4.69, 9.17) is 18.6 Å². The number of benzene rings is 3. The Morgan fingerprint density at radius 1 is 1.03 bits per heavy atom. The third-order valence-corrected chi connectivity index (χ3v) is 5.26. The Hall–Kier alpha value is -4.11. The number of phenols is 1. The summed E-state index contributed by atoms with van der Waals surface area (Å²) in [4.78, 5) is 36.8. The number of halogens is 1. The van der Waals surface area contributed by atoms with Gasteiger partial charge in [-0.2, -0.15) is 0 Å². The molecule has 0 saturated heterocycles. The zero-order valence-electron chi connectivity index (χ0n) is 17.7. The van der Waals surface area contributed by atoms with Gasteiger partial charge in [-0.25, -0.2) is 9.59 Å². The van der Waals surface area contributed by atoms with E-state index in [2.05, 4.69) is 15.9 Å². The lowest BCUT2D eigenvalue weighted by molar-refractivity contribution is -0.136. The number of carbonyl (C=O) groups excluding carboxylic acids is 2. The SMILES string of the molecule is COC(=O)c1cc(Br)ccc1OC(=O)COc1cc(O)c2c(=O)cc(-c3ccccc3)oc2c1. The van der Waals surface area contributed by atoms with E-state index in [0.29, 0.717) is 15.8 Å². The molecule has 0 aliphatic carbocycles. The molecule has 172 valence electrons. The molecule has 1 N–H and O–H groups in total. The van der Waals surface area contributed by atoms with Crippen LogP contribution in [0.2, 0.25) is 0 Å². The minimum atomic E-state index is -0.799. The number of hydrogen-bond acceptors (Lipinski definition) is 8. The minimum Gasteiger partial charge on any atom is -0.507 e. The van der Waals surface area contributed by atoms with E-state index in [1.807, 2.05) is 6.07 Å². The summed E-state index contributed by atoms with van der Waals surface area (Å²) in [5.41, 5.74) is 0.417. The quantitative estimate of drug-likeness (QED) is 0.285. The van der Waals surface area contributed by atoms with E-state index in [1.165, 1.54) is 37.4 Å². The van der Waals surface area contributed by atoms with Crippen molar-refractivity contribution in [2.24, 2.45) is 0 Å². The Bertz CT molecular complexity index is 1440. The largest absolute Gasteiger partial charge is 0.507 e. The van der Waals surface area contributed by atoms with E-state index in [1.54, 1.807) is 30.3 Å². The Morgan fingerprint density at radius 3 is 2.53 bits per heavy atom. The van der Waals surface area contributed by atoms with Gasteiger partial charge in [-0.3, -0.25) is 4.79 Å². The summed E-state index contributed by atoms with van der Waals surface area (Å²) in [5.74, 6) is -1.42. The Morgan fingerprint density at radius 2 is 1.79 bits per heavy atom. The molecular formula is C25H17BrO8. The summed E-state index contributed by atoms with van der Waals surface area (Å²) in [5, 5.41) is 10.3. The number of fused-ring (bicyclic) bond motifs is 1. The van der Waals surface area contributed by atoms with Crippen molar-refractivity contribution in [1.82, 2.24) is 0 Å². The molecule has 0 radical (unpaired) electrons. The van der Waals surface area contributed by atoms with Crippen molar-refractivity contribution in [3.63, 3.8) is 0 Å². The maximum absolute atomic E-state index is 12.5. The van der Waals surface area contributed by atoms with Crippen molar-refractivity contribution in [2.45, 2.75) is 0 Å². The van der Waals surface area contributed by atoms with Crippen molar-refractivity contribution in [2.75, 3.05) is 13.7 Å². The van der Waals surface area contributed by atoms with Crippen LogP contribution < -0.4 is 14.9 Å². The molecule has 0 atom stereocenters. The van der Waals surface area contributed by atoms with Gasteiger partial charge in [0.15, 0.2) is 12.0 Å². The first-order valence-corrected chi connectivity index (χ1v) is 10.7. The van der Waals surface area contributed by atoms with Gasteiger partial charge in [0.05, 0.1) is 7.11 Å². The average molecular weight is 525 g/mol. The molecule has 4 rings (SSSR count). The number of hydrogen-bond donors (Lipinski definition) is 1. The highest BCUT2D eigenvalue weighted by molar-refractivity contribution is 9.10. The lowest BCUT2D eigenvalue weighted by Gasteiger charge is -2.11. The first kappa shape index (κ1) is 23.1. The second-order valence-electron chi connectivity index (χ2n) is 7.05. The number of aromatic hydroxyl groups is 1. The fourth-order valence-corrected chi connectivity index (χ4v) is 3.59. The standard InChI is InChI=1S/C25H17BrO8/c1-31-25(30)17-9-15(26)7-8-20(17)34-23(29)13-32-16-10-18(27)24-19(28)12-21(33-22(24)11-16)14-5-3-2-4-6-14/h2-12,27H,13H2,1H3. The third kappa shape index (κ3) is 4.94. The highest BCUT2D eigenvalue weighted by atomic mass is 79.9. The lowest BCUT2D eigenvalue weighted by Crippen LogP contribution is -2.19. The van der Waals surface area contributed by atoms with Crippen molar-refractivity contribution < 1.29 is 33.3 Å². The summed E-state index contributed by atoms with van der Waals surface area (Å²) in [6.07, 6.45) is 0. The molecule has 8 nitrogen and oxygen atoms in total. The van der Waals surface area contributed by atoms with Crippen LogP contribution in [0.4, 0.5) is 0 Å². The lowest BCUT2D eigenvalue weighted by atomic mass is 10.1. The zero-order valence-corrected chi connectivity index (χ0v) is 19.3. The van der Waals surface area contributed by atoms with Gasteiger partial charge in [0.2, 0.25) is 0 Å². The molecule has 9 heteroatoms. The number of esters is 2. The predicted molar refractivity (Wildman–Crippen MR) is 126 cm³/mol. The highest BCUT2D eigenvalue weighted by Crippen LogP contribution is 2.31. The minimum absolute atomic E-state index is 0.00325. The number of carbonyl (C=O) groups is 2. The average Bonchev–Trinajstić information content (AvgIpc) is 2.83. The first-order chi connectivity index (χ1) is 16.4. The van der Waals surface area contributed by atoms with Gasteiger partial charge in [-0.1, -0.05) is 46.3 Å². The number of methoxy groups -OCH3 is 1. The van der Waals surface area contributed by atoms with Gasteiger partial charge in [0.25, 0.3) is 0 Å². The Kier molecular flexibility index (Phi) is 6.65. The van der Waals surface area contributed by atoms with Gasteiger partial charge in [-0.05, 0) is 18.2 Å². The van der Waals surface area contributed by atoms with E-state index in [9.17, 15) is 19.5 Å². The molecule has 0 unspecified atom stereocenters. The van der Waals surface area contributed by atoms with Crippen LogP contribution >= 0.6 is 15.9 Å². The number of phenolic OH excluding ortho intramolecular Hbond substituents is 1. The molecule has 4 aromatic rings. The summed E-state index contributed by atoms with van der Waals surface area (Å²) >= 11 is 3.25. The summed E-state index contributed by atoms with van der Waals surface area (Å²) < 4.78 is 21.8. The van der Waals surface area contributed by atoms with Crippen LogP contribution in [-0.2, 0) is 9.53 Å². The van der Waals surface area contributed by atoms with Crippen LogP contribution in [0.3, 0.4) is 0 Å². The molecular weight excluding hydrogens is 508 g/mol. The topological polar surface area (TPSA) is 112 Å². The summed E-state index contributed by atoms with van der Waals surface area (Å²) in [6.45, 7) is -0.537. The Balaban J connectivity index is 1.55. The second kappa shape index (κ2) is 9.80. The molecule has 0 fully saturated rings. The van der Waals surface area contributed by atoms with Crippen molar-refractivity contribution in [3.05, 3.63) is 87.0 Å². The second-order valence-corrected chi connectivity index (χ2v) is 7.97. The van der Waals surface area contributed by atoms with E-state index in [0.717, 1.165) is 0 Å². The van der Waals surface area contributed by atoms with Crippen molar-refractivity contribution in [1.29, 1.82) is 0 Å². The maximum Gasteiger partial charge on any atom is 0.349 e. The van der Waals surface area contributed by atoms with Gasteiger partial charge >= 0.3 is 11.9 Å². The Labute approximate surface area is 201 Å². The fourth-order valence-electron chi connectivity index (χ4n) is 3.23. The van der Waals surface area contributed by atoms with Crippen LogP contribution in [0.5, 0.6) is 17.2 Å². The predicted octanol–water partition coefficient (Wildman–Crippen LogP) is 4.70. The van der Waals surface area contributed by atoms with Gasteiger partial charge in [-0.15, -0.1) is 0 Å². The highest BCUT2D eigenvalue weighted by Gasteiger charge is 2.18. The molecule has 0 aliphatic heterocycles. The molecule has 1 aromatic heterocycles. The smallest absolute Gasteiger partial charge is 0.349 e. The van der Waals surface area contributed by atoms with Crippen molar-refractivity contribution >= 4 is 38.8 Å². The van der Waals surface area contributed by atoms with Crippen LogP contribution in [0, 0.1) is 0 Å². The first-order valence-electron chi connectivity index (χ1n) is 9.93. The van der Waals surface area contributed by atoms with Crippen LogP contribution in [0.25, 0.3) is 22.3 Å². The summed E-state index contributed by atoms with van der Waals surface area (Å²) in [6, 6.07) is 17.4. The molecule has 0 saturated carbocycles. The van der Waals surface area contributed by atoms with Crippen LogP contribution in [0.15, 0.2) is 80.4 Å². The van der Waals surface area contributed by atoms with E-state index >= 15 is 0 Å². The molecule has 0 aliphatic rings. The normalized spacial score (nSPS) is 10.6. The monoisotopic (exact) mass is 524 g/mol. The third-order valence-electron chi connectivity index (χ3n) is 4.77. The van der Waals surface area contributed by atoms with Crippen LogP contribution in [0.1, 0.15) is 10.4 Å². The molecule has 0 bridgehead atoms. The molecule has 34 heavy (non-hydrogen) atoms. The fraction of sp³-hybridized carbons (Fsp3) is 0.0800. The molecule has 0 spiro atoms. The summed E-state index contributed by atoms with van der Waals surface area (Å²) in [7, 11) is 1.21. The van der Waals surface area contributed by atoms with E-state index < -0.39 is 24.0 Å². The number of ether oxygens (including phenoxy) is 3.